The second kappa shape index (κ2) is 8.97. The number of H-pyrrole nitrogens is 1. The molecular formula is C23H21ClN4O2. The summed E-state index contributed by atoms with van der Waals surface area (Å²) in [6.07, 6.45) is 4.07. The zero-order valence-corrected chi connectivity index (χ0v) is 17.2. The van der Waals surface area contributed by atoms with Crippen molar-refractivity contribution in [2.45, 2.75) is 25.8 Å². The topological polar surface area (TPSA) is 83.8 Å². The Morgan fingerprint density at radius 3 is 2.67 bits per heavy atom. The van der Waals surface area contributed by atoms with Gasteiger partial charge in [0.15, 0.2) is 11.7 Å². The molecule has 4 rings (SSSR count). The summed E-state index contributed by atoms with van der Waals surface area (Å²) in [5.74, 6) is 1.70. The monoisotopic (exact) mass is 420 g/mol. The number of hydrogen-bond donors (Lipinski definition) is 2. The van der Waals surface area contributed by atoms with Crippen molar-refractivity contribution in [2.75, 3.05) is 0 Å². The molecule has 1 amide bonds. The number of aromatic nitrogens is 3. The fourth-order valence-corrected chi connectivity index (χ4v) is 3.36. The van der Waals surface area contributed by atoms with Crippen LogP contribution in [0.3, 0.4) is 0 Å². The van der Waals surface area contributed by atoms with Crippen molar-refractivity contribution in [3.8, 4) is 22.6 Å². The number of carbonyl (C=O) groups excluding carboxylic acids is 1. The van der Waals surface area contributed by atoms with Crippen molar-refractivity contribution in [1.82, 2.24) is 20.3 Å². The van der Waals surface area contributed by atoms with Gasteiger partial charge in [-0.25, -0.2) is 9.97 Å². The highest BCUT2D eigenvalue weighted by Gasteiger charge is 2.15. The Hall–Kier alpha value is -3.38. The van der Waals surface area contributed by atoms with Gasteiger partial charge in [-0.05, 0) is 24.6 Å². The SMILES string of the molecule is CC(NC(=O)CCc1ncc(-c2ccccc2Cl)o1)c1ncc(-c2ccccc2)[nH]1. The van der Waals surface area contributed by atoms with Crippen LogP contribution < -0.4 is 5.32 Å². The number of nitrogens with one attached hydrogen (secondary N) is 2. The molecule has 7 heteroatoms. The zero-order chi connectivity index (χ0) is 20.9. The number of imidazole rings is 1. The average Bonchev–Trinajstić information content (AvgIpc) is 3.43. The van der Waals surface area contributed by atoms with Gasteiger partial charge in [0.25, 0.3) is 0 Å². The number of amides is 1. The molecule has 0 bridgehead atoms. The molecule has 152 valence electrons. The van der Waals surface area contributed by atoms with Gasteiger partial charge in [0.05, 0.1) is 29.2 Å². The highest BCUT2D eigenvalue weighted by atomic mass is 35.5. The quantitative estimate of drug-likeness (QED) is 0.430. The van der Waals surface area contributed by atoms with Crippen LogP contribution in [0.15, 0.2) is 71.4 Å². The first-order valence-electron chi connectivity index (χ1n) is 9.69. The first kappa shape index (κ1) is 19.9. The molecule has 0 spiro atoms. The number of aryl methyl sites for hydroxylation is 1. The molecule has 0 saturated heterocycles. The molecule has 0 fully saturated rings. The summed E-state index contributed by atoms with van der Waals surface area (Å²) in [5, 5.41) is 3.55. The van der Waals surface area contributed by atoms with E-state index >= 15 is 0 Å². The lowest BCUT2D eigenvalue weighted by Crippen LogP contribution is -2.27. The molecule has 2 heterocycles. The average molecular weight is 421 g/mol. The minimum Gasteiger partial charge on any atom is -0.441 e. The van der Waals surface area contributed by atoms with Crippen LogP contribution in [0.25, 0.3) is 22.6 Å². The van der Waals surface area contributed by atoms with Gasteiger partial charge in [-0.3, -0.25) is 4.79 Å². The molecule has 0 radical (unpaired) electrons. The fraction of sp³-hybridized carbons (Fsp3) is 0.174. The maximum absolute atomic E-state index is 12.4. The standard InChI is InChI=1S/C23H21ClN4O2/c1-15(23-26-13-19(28-23)16-7-3-2-4-8-16)27-21(29)11-12-22-25-14-20(30-22)17-9-5-6-10-18(17)24/h2-10,13-15H,11-12H2,1H3,(H,26,28)(H,27,29). The van der Waals surface area contributed by atoms with E-state index in [9.17, 15) is 4.79 Å². The zero-order valence-electron chi connectivity index (χ0n) is 16.4. The number of rotatable bonds is 7. The van der Waals surface area contributed by atoms with Gasteiger partial charge in [-0.2, -0.15) is 0 Å². The molecule has 0 aliphatic heterocycles. The Balaban J connectivity index is 1.32. The third kappa shape index (κ3) is 4.60. The van der Waals surface area contributed by atoms with E-state index in [0.717, 1.165) is 16.8 Å². The van der Waals surface area contributed by atoms with Crippen LogP contribution in [0, 0.1) is 0 Å². The lowest BCUT2D eigenvalue weighted by molar-refractivity contribution is -0.121. The number of halogens is 1. The van der Waals surface area contributed by atoms with Gasteiger partial charge >= 0.3 is 0 Å². The van der Waals surface area contributed by atoms with Crippen LogP contribution in [-0.2, 0) is 11.2 Å². The van der Waals surface area contributed by atoms with Gasteiger partial charge in [0.1, 0.15) is 5.82 Å². The highest BCUT2D eigenvalue weighted by molar-refractivity contribution is 6.33. The summed E-state index contributed by atoms with van der Waals surface area (Å²) in [4.78, 5) is 24.3. The lowest BCUT2D eigenvalue weighted by atomic mass is 10.2. The molecule has 0 aliphatic rings. The molecule has 4 aromatic rings. The maximum Gasteiger partial charge on any atom is 0.221 e. The van der Waals surface area contributed by atoms with E-state index in [0.29, 0.717) is 28.9 Å². The Morgan fingerprint density at radius 2 is 1.87 bits per heavy atom. The smallest absolute Gasteiger partial charge is 0.221 e. The summed E-state index contributed by atoms with van der Waals surface area (Å²) < 4.78 is 5.75. The number of aromatic amines is 1. The largest absolute Gasteiger partial charge is 0.441 e. The van der Waals surface area contributed by atoms with Crippen molar-refractivity contribution in [3.05, 3.63) is 83.7 Å². The molecule has 2 aromatic carbocycles. The summed E-state index contributed by atoms with van der Waals surface area (Å²) in [7, 11) is 0. The second-order valence-electron chi connectivity index (χ2n) is 6.94. The van der Waals surface area contributed by atoms with Gasteiger partial charge in [-0.15, -0.1) is 0 Å². The third-order valence-corrected chi connectivity index (χ3v) is 5.06. The van der Waals surface area contributed by atoms with Crippen LogP contribution in [-0.4, -0.2) is 20.9 Å². The Kier molecular flexibility index (Phi) is 5.95. The van der Waals surface area contributed by atoms with E-state index in [1.807, 2.05) is 55.5 Å². The number of nitrogens with zero attached hydrogens (tertiary/aromatic N) is 2. The molecule has 2 N–H and O–H groups in total. The third-order valence-electron chi connectivity index (χ3n) is 4.73. The first-order chi connectivity index (χ1) is 14.6. The number of hydrogen-bond acceptors (Lipinski definition) is 4. The van der Waals surface area contributed by atoms with Gasteiger partial charge in [0.2, 0.25) is 5.91 Å². The molecule has 6 nitrogen and oxygen atoms in total. The molecule has 0 saturated carbocycles. The summed E-state index contributed by atoms with van der Waals surface area (Å²) >= 11 is 6.19. The van der Waals surface area contributed by atoms with Crippen LogP contribution >= 0.6 is 11.6 Å². The second-order valence-corrected chi connectivity index (χ2v) is 7.34. The van der Waals surface area contributed by atoms with E-state index in [2.05, 4.69) is 20.3 Å². The minimum absolute atomic E-state index is 0.0994. The van der Waals surface area contributed by atoms with E-state index in [-0.39, 0.29) is 18.4 Å². The Morgan fingerprint density at radius 1 is 1.10 bits per heavy atom. The molecule has 2 aromatic heterocycles. The lowest BCUT2D eigenvalue weighted by Gasteiger charge is -2.11. The van der Waals surface area contributed by atoms with Crippen molar-refractivity contribution in [2.24, 2.45) is 0 Å². The molecule has 1 unspecified atom stereocenters. The predicted molar refractivity (Wildman–Crippen MR) is 116 cm³/mol. The van der Waals surface area contributed by atoms with E-state index in [1.165, 1.54) is 0 Å². The number of oxazole rings is 1. The van der Waals surface area contributed by atoms with Gasteiger partial charge < -0.3 is 14.7 Å². The van der Waals surface area contributed by atoms with Gasteiger partial charge in [0, 0.05) is 18.4 Å². The van der Waals surface area contributed by atoms with Crippen molar-refractivity contribution in [1.29, 1.82) is 0 Å². The number of carbonyl (C=O) groups is 1. The normalized spacial score (nSPS) is 11.9. The molecular weight excluding hydrogens is 400 g/mol. The Bertz CT molecular complexity index is 1140. The van der Waals surface area contributed by atoms with Crippen molar-refractivity contribution < 1.29 is 9.21 Å². The van der Waals surface area contributed by atoms with Crippen LogP contribution in [0.1, 0.15) is 31.1 Å². The maximum atomic E-state index is 12.4. The van der Waals surface area contributed by atoms with Crippen molar-refractivity contribution >= 4 is 17.5 Å². The van der Waals surface area contributed by atoms with Crippen LogP contribution in [0.2, 0.25) is 5.02 Å². The van der Waals surface area contributed by atoms with Gasteiger partial charge in [-0.1, -0.05) is 54.1 Å². The van der Waals surface area contributed by atoms with E-state index < -0.39 is 0 Å². The van der Waals surface area contributed by atoms with Crippen LogP contribution in [0.5, 0.6) is 0 Å². The summed E-state index contributed by atoms with van der Waals surface area (Å²) in [6.45, 7) is 1.89. The number of benzene rings is 2. The summed E-state index contributed by atoms with van der Waals surface area (Å²) in [5.41, 5.74) is 2.75. The first-order valence-corrected chi connectivity index (χ1v) is 10.1. The highest BCUT2D eigenvalue weighted by Crippen LogP contribution is 2.28. The predicted octanol–water partition coefficient (Wildman–Crippen LogP) is 5.20. The fourth-order valence-electron chi connectivity index (χ4n) is 3.13. The van der Waals surface area contributed by atoms with Crippen LogP contribution in [0.4, 0.5) is 0 Å². The van der Waals surface area contributed by atoms with E-state index in [1.54, 1.807) is 18.5 Å². The molecule has 30 heavy (non-hydrogen) atoms. The molecule has 0 aliphatic carbocycles. The Labute approximate surface area is 179 Å². The minimum atomic E-state index is -0.238. The van der Waals surface area contributed by atoms with E-state index in [4.69, 9.17) is 16.0 Å². The molecule has 1 atom stereocenters. The van der Waals surface area contributed by atoms with Crippen molar-refractivity contribution in [3.63, 3.8) is 0 Å². The summed E-state index contributed by atoms with van der Waals surface area (Å²) in [6, 6.07) is 17.1.